The van der Waals surface area contributed by atoms with Crippen LogP contribution in [0.1, 0.15) is 30.9 Å². The molecular formula is C16H23NO2. The number of rotatable bonds is 6. The molecule has 2 rings (SSSR count). The van der Waals surface area contributed by atoms with Crippen molar-refractivity contribution in [2.75, 3.05) is 13.2 Å². The standard InChI is InChI=1S/C16H23NO2/c1-12-3-5-14(6-4-12)11-13(2)16(19)17(9-10-18)15-7-8-15/h3-6,13,15,18H,7-11H2,1-2H3. The zero-order valence-corrected chi connectivity index (χ0v) is 11.8. The second-order valence-electron chi connectivity index (χ2n) is 5.58. The molecule has 1 atom stereocenters. The molecule has 1 N–H and O–H groups in total. The molecule has 0 radical (unpaired) electrons. The summed E-state index contributed by atoms with van der Waals surface area (Å²) in [5.74, 6) is 0.159. The number of hydrogen-bond acceptors (Lipinski definition) is 2. The van der Waals surface area contributed by atoms with Crippen molar-refractivity contribution in [3.63, 3.8) is 0 Å². The van der Waals surface area contributed by atoms with Gasteiger partial charge in [-0.3, -0.25) is 4.79 Å². The van der Waals surface area contributed by atoms with Crippen LogP contribution in [0.4, 0.5) is 0 Å². The quantitative estimate of drug-likeness (QED) is 0.852. The Bertz CT molecular complexity index is 423. The minimum Gasteiger partial charge on any atom is -0.395 e. The number of amides is 1. The summed E-state index contributed by atoms with van der Waals surface area (Å²) in [5, 5.41) is 9.07. The molecule has 1 aliphatic carbocycles. The van der Waals surface area contributed by atoms with Crippen LogP contribution < -0.4 is 0 Å². The Morgan fingerprint density at radius 2 is 2.00 bits per heavy atom. The third-order valence-corrected chi connectivity index (χ3v) is 3.70. The molecule has 1 aliphatic rings. The van der Waals surface area contributed by atoms with Crippen molar-refractivity contribution >= 4 is 5.91 Å². The zero-order valence-electron chi connectivity index (χ0n) is 11.8. The van der Waals surface area contributed by atoms with Gasteiger partial charge in [-0.2, -0.15) is 0 Å². The number of carbonyl (C=O) groups is 1. The van der Waals surface area contributed by atoms with Gasteiger partial charge in [-0.05, 0) is 31.7 Å². The van der Waals surface area contributed by atoms with Crippen molar-refractivity contribution in [3.8, 4) is 0 Å². The van der Waals surface area contributed by atoms with Crippen molar-refractivity contribution in [2.24, 2.45) is 5.92 Å². The predicted molar refractivity (Wildman–Crippen MR) is 75.9 cm³/mol. The van der Waals surface area contributed by atoms with Gasteiger partial charge in [-0.25, -0.2) is 0 Å². The number of aliphatic hydroxyl groups excluding tert-OH is 1. The maximum atomic E-state index is 12.4. The first-order valence-corrected chi connectivity index (χ1v) is 7.08. The third-order valence-electron chi connectivity index (χ3n) is 3.70. The summed E-state index contributed by atoms with van der Waals surface area (Å²) in [4.78, 5) is 14.3. The van der Waals surface area contributed by atoms with Crippen LogP contribution in [0.25, 0.3) is 0 Å². The molecule has 0 aromatic heterocycles. The lowest BCUT2D eigenvalue weighted by atomic mass is 9.99. The summed E-state index contributed by atoms with van der Waals surface area (Å²) in [5.41, 5.74) is 2.44. The lowest BCUT2D eigenvalue weighted by Crippen LogP contribution is -2.39. The van der Waals surface area contributed by atoms with Crippen molar-refractivity contribution in [1.29, 1.82) is 0 Å². The monoisotopic (exact) mass is 261 g/mol. The van der Waals surface area contributed by atoms with Crippen LogP contribution in [0.15, 0.2) is 24.3 Å². The first-order chi connectivity index (χ1) is 9.11. The van der Waals surface area contributed by atoms with Crippen molar-refractivity contribution in [1.82, 2.24) is 4.90 Å². The fourth-order valence-electron chi connectivity index (χ4n) is 2.41. The molecule has 104 valence electrons. The van der Waals surface area contributed by atoms with Gasteiger partial charge in [0.2, 0.25) is 5.91 Å². The molecule has 0 bridgehead atoms. The van der Waals surface area contributed by atoms with Gasteiger partial charge in [-0.1, -0.05) is 36.8 Å². The van der Waals surface area contributed by atoms with E-state index in [1.807, 2.05) is 11.8 Å². The molecule has 19 heavy (non-hydrogen) atoms. The smallest absolute Gasteiger partial charge is 0.226 e. The van der Waals surface area contributed by atoms with Gasteiger partial charge >= 0.3 is 0 Å². The fourth-order valence-corrected chi connectivity index (χ4v) is 2.41. The number of carbonyl (C=O) groups excluding carboxylic acids is 1. The van der Waals surface area contributed by atoms with Crippen LogP contribution in [0, 0.1) is 12.8 Å². The van der Waals surface area contributed by atoms with Crippen molar-refractivity contribution < 1.29 is 9.90 Å². The highest BCUT2D eigenvalue weighted by molar-refractivity contribution is 5.79. The maximum absolute atomic E-state index is 12.4. The molecule has 0 aliphatic heterocycles. The van der Waals surface area contributed by atoms with Gasteiger partial charge in [0.25, 0.3) is 0 Å². The van der Waals surface area contributed by atoms with E-state index in [1.54, 1.807) is 0 Å². The van der Waals surface area contributed by atoms with Crippen LogP contribution in [0.3, 0.4) is 0 Å². The molecule has 1 fully saturated rings. The van der Waals surface area contributed by atoms with Crippen LogP contribution in [0.2, 0.25) is 0 Å². The minimum absolute atomic E-state index is 0.0187. The Kier molecular flexibility index (Phi) is 4.59. The average Bonchev–Trinajstić information content (AvgIpc) is 3.22. The van der Waals surface area contributed by atoms with E-state index < -0.39 is 0 Å². The van der Waals surface area contributed by atoms with Gasteiger partial charge in [0.1, 0.15) is 0 Å². The summed E-state index contributed by atoms with van der Waals surface area (Å²) in [6, 6.07) is 8.72. The molecule has 3 nitrogen and oxygen atoms in total. The Hall–Kier alpha value is -1.35. The summed E-state index contributed by atoms with van der Waals surface area (Å²) >= 11 is 0. The first-order valence-electron chi connectivity index (χ1n) is 7.08. The highest BCUT2D eigenvalue weighted by Crippen LogP contribution is 2.28. The Morgan fingerprint density at radius 1 is 1.37 bits per heavy atom. The number of nitrogens with zero attached hydrogens (tertiary/aromatic N) is 1. The molecule has 1 aromatic carbocycles. The summed E-state index contributed by atoms with van der Waals surface area (Å²) in [7, 11) is 0. The van der Waals surface area contributed by atoms with Gasteiger partial charge in [0.05, 0.1) is 6.61 Å². The normalized spacial score (nSPS) is 16.2. The zero-order chi connectivity index (χ0) is 13.8. The van der Waals surface area contributed by atoms with E-state index in [0.717, 1.165) is 19.3 Å². The van der Waals surface area contributed by atoms with E-state index in [0.29, 0.717) is 12.6 Å². The Balaban J connectivity index is 1.95. The van der Waals surface area contributed by atoms with E-state index >= 15 is 0 Å². The molecule has 0 saturated heterocycles. The summed E-state index contributed by atoms with van der Waals surface area (Å²) < 4.78 is 0. The second kappa shape index (κ2) is 6.20. The van der Waals surface area contributed by atoms with Crippen LogP contribution in [-0.4, -0.2) is 35.1 Å². The topological polar surface area (TPSA) is 40.5 Å². The molecule has 0 spiro atoms. The molecule has 1 saturated carbocycles. The number of benzene rings is 1. The number of aliphatic hydroxyl groups is 1. The van der Waals surface area contributed by atoms with Crippen LogP contribution in [-0.2, 0) is 11.2 Å². The molecule has 1 unspecified atom stereocenters. The largest absolute Gasteiger partial charge is 0.395 e. The first kappa shape index (κ1) is 14.1. The maximum Gasteiger partial charge on any atom is 0.226 e. The van der Waals surface area contributed by atoms with E-state index in [-0.39, 0.29) is 18.4 Å². The molecule has 1 aromatic rings. The van der Waals surface area contributed by atoms with Gasteiger partial charge in [0.15, 0.2) is 0 Å². The highest BCUT2D eigenvalue weighted by atomic mass is 16.3. The van der Waals surface area contributed by atoms with E-state index in [9.17, 15) is 4.79 Å². The second-order valence-corrected chi connectivity index (χ2v) is 5.58. The number of aryl methyl sites for hydroxylation is 1. The van der Waals surface area contributed by atoms with E-state index in [1.165, 1.54) is 11.1 Å². The van der Waals surface area contributed by atoms with Crippen LogP contribution >= 0.6 is 0 Å². The summed E-state index contributed by atoms with van der Waals surface area (Å²) in [6.07, 6.45) is 2.94. The molecule has 3 heteroatoms. The Morgan fingerprint density at radius 3 is 2.53 bits per heavy atom. The lowest BCUT2D eigenvalue weighted by Gasteiger charge is -2.25. The highest BCUT2D eigenvalue weighted by Gasteiger charge is 2.33. The summed E-state index contributed by atoms with van der Waals surface area (Å²) in [6.45, 7) is 4.57. The lowest BCUT2D eigenvalue weighted by molar-refractivity contribution is -0.136. The number of hydrogen-bond donors (Lipinski definition) is 1. The molecular weight excluding hydrogens is 238 g/mol. The Labute approximate surface area is 115 Å². The predicted octanol–water partition coefficient (Wildman–Crippen LogP) is 2.16. The van der Waals surface area contributed by atoms with E-state index in [4.69, 9.17) is 5.11 Å². The van der Waals surface area contributed by atoms with Crippen LogP contribution in [0.5, 0.6) is 0 Å². The molecule has 1 amide bonds. The SMILES string of the molecule is Cc1ccc(CC(C)C(=O)N(CCO)C2CC2)cc1. The van der Waals surface area contributed by atoms with Gasteiger partial charge < -0.3 is 10.0 Å². The van der Waals surface area contributed by atoms with Crippen molar-refractivity contribution in [2.45, 2.75) is 39.2 Å². The van der Waals surface area contributed by atoms with E-state index in [2.05, 4.69) is 31.2 Å². The molecule has 0 heterocycles. The van der Waals surface area contributed by atoms with Gasteiger partial charge in [-0.15, -0.1) is 0 Å². The average molecular weight is 261 g/mol. The third kappa shape index (κ3) is 3.80. The fraction of sp³-hybridized carbons (Fsp3) is 0.562. The van der Waals surface area contributed by atoms with Gasteiger partial charge in [0, 0.05) is 18.5 Å². The van der Waals surface area contributed by atoms with Crippen molar-refractivity contribution in [3.05, 3.63) is 35.4 Å². The minimum atomic E-state index is -0.0187.